The van der Waals surface area contributed by atoms with Crippen LogP contribution in [0, 0.1) is 11.3 Å². The van der Waals surface area contributed by atoms with E-state index in [1.54, 1.807) is 0 Å². The second kappa shape index (κ2) is 5.60. The SMILES string of the molecule is CN(CC1(N(C)C)CCC1)C(=N)C1CCCCC1. The lowest BCUT2D eigenvalue weighted by Crippen LogP contribution is -2.57. The highest BCUT2D eigenvalue weighted by molar-refractivity contribution is 5.81. The van der Waals surface area contributed by atoms with Gasteiger partial charge in [0.15, 0.2) is 0 Å². The van der Waals surface area contributed by atoms with Gasteiger partial charge in [-0.1, -0.05) is 19.3 Å². The van der Waals surface area contributed by atoms with Crippen molar-refractivity contribution >= 4 is 5.84 Å². The maximum Gasteiger partial charge on any atom is 0.0987 e. The van der Waals surface area contributed by atoms with Crippen molar-refractivity contribution in [2.75, 3.05) is 27.7 Å². The Morgan fingerprint density at radius 3 is 2.11 bits per heavy atom. The number of nitrogens with zero attached hydrogens (tertiary/aromatic N) is 2. The summed E-state index contributed by atoms with van der Waals surface area (Å²) in [6.07, 6.45) is 10.4. The first-order chi connectivity index (χ1) is 8.55. The minimum absolute atomic E-state index is 0.343. The lowest BCUT2D eigenvalue weighted by atomic mass is 9.75. The highest BCUT2D eigenvalue weighted by Crippen LogP contribution is 2.37. The molecule has 0 unspecified atom stereocenters. The quantitative estimate of drug-likeness (QED) is 0.615. The number of nitrogens with one attached hydrogen (secondary N) is 1. The lowest BCUT2D eigenvalue weighted by molar-refractivity contribution is 0.0416. The minimum Gasteiger partial charge on any atom is -0.362 e. The van der Waals surface area contributed by atoms with E-state index < -0.39 is 0 Å². The van der Waals surface area contributed by atoms with E-state index in [0.717, 1.165) is 12.4 Å². The Morgan fingerprint density at radius 2 is 1.67 bits per heavy atom. The van der Waals surface area contributed by atoms with Gasteiger partial charge in [-0.15, -0.1) is 0 Å². The van der Waals surface area contributed by atoms with Crippen LogP contribution in [0.15, 0.2) is 0 Å². The summed E-state index contributed by atoms with van der Waals surface area (Å²) < 4.78 is 0. The van der Waals surface area contributed by atoms with Crippen LogP contribution in [0.1, 0.15) is 51.4 Å². The molecule has 0 bridgehead atoms. The predicted molar refractivity (Wildman–Crippen MR) is 77.2 cm³/mol. The average Bonchev–Trinajstić information content (AvgIpc) is 2.33. The predicted octanol–water partition coefficient (Wildman–Crippen LogP) is 2.96. The fourth-order valence-electron chi connectivity index (χ4n) is 3.55. The van der Waals surface area contributed by atoms with Crippen molar-refractivity contribution in [1.82, 2.24) is 9.80 Å². The normalized spacial score (nSPS) is 23.8. The molecule has 0 saturated heterocycles. The van der Waals surface area contributed by atoms with Gasteiger partial charge in [0.05, 0.1) is 5.84 Å². The van der Waals surface area contributed by atoms with Crippen molar-refractivity contribution in [2.45, 2.75) is 56.9 Å². The molecule has 18 heavy (non-hydrogen) atoms. The average molecular weight is 251 g/mol. The van der Waals surface area contributed by atoms with Crippen molar-refractivity contribution in [3.63, 3.8) is 0 Å². The Bertz CT molecular complexity index is 288. The zero-order valence-electron chi connectivity index (χ0n) is 12.3. The molecule has 0 radical (unpaired) electrons. The largest absolute Gasteiger partial charge is 0.362 e. The van der Waals surface area contributed by atoms with Crippen molar-refractivity contribution in [1.29, 1.82) is 5.41 Å². The van der Waals surface area contributed by atoms with Gasteiger partial charge in [0.2, 0.25) is 0 Å². The second-order valence-corrected chi connectivity index (χ2v) is 6.55. The van der Waals surface area contributed by atoms with E-state index in [4.69, 9.17) is 5.41 Å². The van der Waals surface area contributed by atoms with Crippen LogP contribution in [0.4, 0.5) is 0 Å². The molecule has 2 saturated carbocycles. The Kier molecular flexibility index (Phi) is 4.31. The zero-order chi connectivity index (χ0) is 13.2. The summed E-state index contributed by atoms with van der Waals surface area (Å²) in [5, 5.41) is 8.42. The Balaban J connectivity index is 1.90. The molecular formula is C15H29N3. The van der Waals surface area contributed by atoms with Crippen molar-refractivity contribution in [2.24, 2.45) is 5.92 Å². The lowest BCUT2D eigenvalue weighted by Gasteiger charge is -2.50. The van der Waals surface area contributed by atoms with Crippen molar-refractivity contribution in [3.8, 4) is 0 Å². The van der Waals surface area contributed by atoms with Gasteiger partial charge in [-0.2, -0.15) is 0 Å². The van der Waals surface area contributed by atoms with Crippen LogP contribution in [-0.2, 0) is 0 Å². The van der Waals surface area contributed by atoms with Crippen LogP contribution < -0.4 is 0 Å². The Hall–Kier alpha value is -0.570. The minimum atomic E-state index is 0.343. The first kappa shape index (κ1) is 13.9. The molecule has 0 aromatic heterocycles. The van der Waals surface area contributed by atoms with Gasteiger partial charge >= 0.3 is 0 Å². The van der Waals surface area contributed by atoms with Gasteiger partial charge in [-0.3, -0.25) is 5.41 Å². The van der Waals surface area contributed by atoms with Gasteiger partial charge in [-0.05, 0) is 46.2 Å². The van der Waals surface area contributed by atoms with E-state index in [9.17, 15) is 0 Å². The number of amidine groups is 1. The summed E-state index contributed by atoms with van der Waals surface area (Å²) in [4.78, 5) is 4.61. The summed E-state index contributed by atoms with van der Waals surface area (Å²) in [6.45, 7) is 1.04. The first-order valence-electron chi connectivity index (χ1n) is 7.52. The summed E-state index contributed by atoms with van der Waals surface area (Å²) in [5.74, 6) is 1.42. The van der Waals surface area contributed by atoms with Gasteiger partial charge in [-0.25, -0.2) is 0 Å². The standard InChI is InChI=1S/C15H29N3/c1-17(2)15(10-7-11-15)12-18(3)14(16)13-8-5-4-6-9-13/h13,16H,4-12H2,1-3H3. The molecule has 104 valence electrons. The van der Waals surface area contributed by atoms with Crippen LogP contribution in [-0.4, -0.2) is 48.9 Å². The van der Waals surface area contributed by atoms with E-state index >= 15 is 0 Å². The highest BCUT2D eigenvalue weighted by Gasteiger charge is 2.40. The molecule has 0 aliphatic heterocycles. The van der Waals surface area contributed by atoms with Gasteiger partial charge < -0.3 is 9.80 Å². The molecule has 2 aliphatic carbocycles. The fraction of sp³-hybridized carbons (Fsp3) is 0.933. The highest BCUT2D eigenvalue weighted by atomic mass is 15.2. The van der Waals surface area contributed by atoms with E-state index in [1.165, 1.54) is 51.4 Å². The molecule has 0 atom stereocenters. The molecule has 3 nitrogen and oxygen atoms in total. The molecule has 1 N–H and O–H groups in total. The molecular weight excluding hydrogens is 222 g/mol. The fourth-order valence-corrected chi connectivity index (χ4v) is 3.55. The van der Waals surface area contributed by atoms with Crippen LogP contribution in [0.25, 0.3) is 0 Å². The molecule has 0 aromatic carbocycles. The van der Waals surface area contributed by atoms with Crippen molar-refractivity contribution < 1.29 is 0 Å². The van der Waals surface area contributed by atoms with Crippen LogP contribution >= 0.6 is 0 Å². The van der Waals surface area contributed by atoms with Crippen LogP contribution in [0.2, 0.25) is 0 Å². The monoisotopic (exact) mass is 251 g/mol. The first-order valence-corrected chi connectivity index (χ1v) is 7.52. The van der Waals surface area contributed by atoms with E-state index in [2.05, 4.69) is 30.9 Å². The summed E-state index contributed by atoms with van der Waals surface area (Å²) in [5.41, 5.74) is 0.343. The molecule has 0 aromatic rings. The van der Waals surface area contributed by atoms with E-state index in [0.29, 0.717) is 11.5 Å². The van der Waals surface area contributed by atoms with Gasteiger partial charge in [0, 0.05) is 25.0 Å². The molecule has 2 aliphatic rings. The van der Waals surface area contributed by atoms with Crippen LogP contribution in [0.3, 0.4) is 0 Å². The third-order valence-electron chi connectivity index (χ3n) is 5.17. The summed E-state index contributed by atoms with van der Waals surface area (Å²) in [6, 6.07) is 0. The molecule has 3 heteroatoms. The molecule has 2 rings (SSSR count). The zero-order valence-corrected chi connectivity index (χ0v) is 12.3. The van der Waals surface area contributed by atoms with Crippen LogP contribution in [0.5, 0.6) is 0 Å². The third kappa shape index (κ3) is 2.71. The second-order valence-electron chi connectivity index (χ2n) is 6.55. The van der Waals surface area contributed by atoms with Gasteiger partial charge in [0.1, 0.15) is 0 Å². The number of likely N-dealkylation sites (N-methyl/N-ethyl adjacent to an activating group) is 2. The van der Waals surface area contributed by atoms with Gasteiger partial charge in [0.25, 0.3) is 0 Å². The number of hydrogen-bond acceptors (Lipinski definition) is 2. The Labute approximate surface area is 112 Å². The maximum absolute atomic E-state index is 8.42. The molecule has 0 heterocycles. The summed E-state index contributed by atoms with van der Waals surface area (Å²) in [7, 11) is 6.51. The van der Waals surface area contributed by atoms with E-state index in [1.807, 2.05) is 0 Å². The third-order valence-corrected chi connectivity index (χ3v) is 5.17. The van der Waals surface area contributed by atoms with E-state index in [-0.39, 0.29) is 0 Å². The van der Waals surface area contributed by atoms with Crippen molar-refractivity contribution in [3.05, 3.63) is 0 Å². The topological polar surface area (TPSA) is 30.3 Å². The maximum atomic E-state index is 8.42. The number of hydrogen-bond donors (Lipinski definition) is 1. The molecule has 0 spiro atoms. The Morgan fingerprint density at radius 1 is 1.06 bits per heavy atom. The molecule has 2 fully saturated rings. The molecule has 0 amide bonds. The summed E-state index contributed by atoms with van der Waals surface area (Å²) >= 11 is 0. The number of rotatable bonds is 4. The smallest absolute Gasteiger partial charge is 0.0987 e.